The Balaban J connectivity index is 1.15. The molecule has 0 unspecified atom stereocenters. The predicted molar refractivity (Wildman–Crippen MR) is 154 cm³/mol. The Morgan fingerprint density at radius 2 is 1.79 bits per heavy atom. The highest BCUT2D eigenvalue weighted by molar-refractivity contribution is 5.71. The summed E-state index contributed by atoms with van der Waals surface area (Å²) in [6, 6.07) is 11.9. The lowest BCUT2D eigenvalue weighted by molar-refractivity contribution is -0.142. The SMILES string of the molecule is Cc1nc(C2CCN(C3COC3)CC2)ccc1COc1c(F)cc(F)cc1-c1cccc(N2CCC(C(=O)O)CC2)n1. The Kier molecular flexibility index (Phi) is 8.35. The third-order valence-electron chi connectivity index (χ3n) is 8.86. The van der Waals surface area contributed by atoms with Crippen LogP contribution in [-0.4, -0.2) is 71.4 Å². The van der Waals surface area contributed by atoms with Crippen molar-refractivity contribution in [1.29, 1.82) is 0 Å². The summed E-state index contributed by atoms with van der Waals surface area (Å²) >= 11 is 0. The largest absolute Gasteiger partial charge is 0.485 e. The van der Waals surface area contributed by atoms with E-state index in [1.54, 1.807) is 12.1 Å². The van der Waals surface area contributed by atoms with E-state index in [4.69, 9.17) is 14.5 Å². The number of carbonyl (C=O) groups is 1. The number of hydrogen-bond acceptors (Lipinski definition) is 7. The van der Waals surface area contributed by atoms with Gasteiger partial charge in [0.05, 0.1) is 30.9 Å². The monoisotopic (exact) mass is 578 g/mol. The molecule has 42 heavy (non-hydrogen) atoms. The van der Waals surface area contributed by atoms with Gasteiger partial charge in [-0.05, 0) is 70.0 Å². The highest BCUT2D eigenvalue weighted by Crippen LogP contribution is 2.35. The summed E-state index contributed by atoms with van der Waals surface area (Å²) in [6.45, 7) is 6.88. The first-order valence-corrected chi connectivity index (χ1v) is 14.7. The molecule has 0 spiro atoms. The molecule has 0 aliphatic carbocycles. The molecule has 0 bridgehead atoms. The van der Waals surface area contributed by atoms with E-state index in [1.807, 2.05) is 30.0 Å². The zero-order chi connectivity index (χ0) is 29.2. The van der Waals surface area contributed by atoms with Crippen LogP contribution in [0, 0.1) is 24.5 Å². The maximum absolute atomic E-state index is 15.1. The Hall–Kier alpha value is -3.63. The molecule has 3 fully saturated rings. The Morgan fingerprint density at radius 1 is 1.02 bits per heavy atom. The van der Waals surface area contributed by atoms with Gasteiger partial charge in [0.15, 0.2) is 11.6 Å². The van der Waals surface area contributed by atoms with Crippen LogP contribution in [0.3, 0.4) is 0 Å². The first-order chi connectivity index (χ1) is 20.4. The quantitative estimate of drug-likeness (QED) is 0.391. The third-order valence-corrected chi connectivity index (χ3v) is 8.86. The summed E-state index contributed by atoms with van der Waals surface area (Å²) in [7, 11) is 0. The van der Waals surface area contributed by atoms with Crippen LogP contribution in [0.25, 0.3) is 11.3 Å². The summed E-state index contributed by atoms with van der Waals surface area (Å²) < 4.78 is 40.8. The van der Waals surface area contributed by atoms with Gasteiger partial charge >= 0.3 is 5.97 Å². The second kappa shape index (κ2) is 12.3. The molecule has 3 aliphatic rings. The van der Waals surface area contributed by atoms with E-state index >= 15 is 4.39 Å². The van der Waals surface area contributed by atoms with Crippen LogP contribution in [0.2, 0.25) is 0 Å². The van der Waals surface area contributed by atoms with E-state index in [2.05, 4.69) is 9.88 Å². The fourth-order valence-electron chi connectivity index (χ4n) is 6.14. The van der Waals surface area contributed by atoms with Crippen molar-refractivity contribution in [2.45, 2.75) is 51.2 Å². The number of ether oxygens (including phenoxy) is 2. The lowest BCUT2D eigenvalue weighted by Gasteiger charge is -2.41. The molecule has 0 radical (unpaired) electrons. The van der Waals surface area contributed by atoms with Gasteiger partial charge in [-0.1, -0.05) is 12.1 Å². The summed E-state index contributed by atoms with van der Waals surface area (Å²) in [5.41, 5.74) is 3.34. The smallest absolute Gasteiger partial charge is 0.306 e. The van der Waals surface area contributed by atoms with Gasteiger partial charge in [-0.25, -0.2) is 13.8 Å². The van der Waals surface area contributed by atoms with Gasteiger partial charge in [-0.15, -0.1) is 0 Å². The second-order valence-corrected chi connectivity index (χ2v) is 11.5. The van der Waals surface area contributed by atoms with Crippen LogP contribution in [0.15, 0.2) is 42.5 Å². The van der Waals surface area contributed by atoms with Crippen molar-refractivity contribution in [1.82, 2.24) is 14.9 Å². The Labute approximate surface area is 244 Å². The topological polar surface area (TPSA) is 88.0 Å². The second-order valence-electron chi connectivity index (χ2n) is 11.5. The number of benzene rings is 1. The van der Waals surface area contributed by atoms with Gasteiger partial charge in [0.1, 0.15) is 18.2 Å². The average molecular weight is 579 g/mol. The molecular weight excluding hydrogens is 542 g/mol. The number of carboxylic acids is 1. The first-order valence-electron chi connectivity index (χ1n) is 14.7. The van der Waals surface area contributed by atoms with E-state index in [0.29, 0.717) is 49.4 Å². The van der Waals surface area contributed by atoms with Crippen molar-refractivity contribution >= 4 is 11.8 Å². The predicted octanol–water partition coefficient (Wildman–Crippen LogP) is 5.19. The Bertz CT molecular complexity index is 1430. The van der Waals surface area contributed by atoms with E-state index in [1.165, 1.54) is 6.07 Å². The average Bonchev–Trinajstić information content (AvgIpc) is 2.96. The molecule has 3 saturated heterocycles. The minimum absolute atomic E-state index is 0.0681. The number of rotatable bonds is 8. The number of aryl methyl sites for hydroxylation is 1. The van der Waals surface area contributed by atoms with Gasteiger partial charge in [0.25, 0.3) is 0 Å². The number of anilines is 1. The van der Waals surface area contributed by atoms with Gasteiger partial charge in [-0.3, -0.25) is 14.7 Å². The molecule has 2 aromatic heterocycles. The normalized spacial score (nSPS) is 19.1. The van der Waals surface area contributed by atoms with Crippen LogP contribution < -0.4 is 9.64 Å². The molecule has 1 aromatic carbocycles. The number of piperidine rings is 2. The standard InChI is InChI=1S/C32H36F2N4O4/c1-20-23(5-6-28(35-20)21-7-11-37(12-8-21)25-18-41-19-25)17-42-31-26(15-24(33)16-27(31)34)29-3-2-4-30(36-29)38-13-9-22(10-14-38)32(39)40/h2-6,15-16,21-22,25H,7-14,17-19H2,1H3,(H,39,40). The fraction of sp³-hybridized carbons (Fsp3) is 0.469. The highest BCUT2D eigenvalue weighted by Gasteiger charge is 2.31. The summed E-state index contributed by atoms with van der Waals surface area (Å²) in [5.74, 6) is -1.70. The van der Waals surface area contributed by atoms with Gasteiger partial charge in [0.2, 0.25) is 0 Å². The van der Waals surface area contributed by atoms with Crippen LogP contribution in [0.1, 0.15) is 48.6 Å². The van der Waals surface area contributed by atoms with Crippen LogP contribution >= 0.6 is 0 Å². The number of hydrogen-bond donors (Lipinski definition) is 1. The minimum Gasteiger partial charge on any atom is -0.485 e. The molecule has 6 rings (SSSR count). The zero-order valence-corrected chi connectivity index (χ0v) is 23.8. The van der Waals surface area contributed by atoms with E-state index in [-0.39, 0.29) is 23.8 Å². The molecule has 1 N–H and O–H groups in total. The number of aromatic nitrogens is 2. The fourth-order valence-corrected chi connectivity index (χ4v) is 6.14. The number of likely N-dealkylation sites (tertiary alicyclic amines) is 1. The summed E-state index contributed by atoms with van der Waals surface area (Å²) in [6.07, 6.45) is 3.16. The van der Waals surface area contributed by atoms with E-state index in [0.717, 1.165) is 62.2 Å². The number of pyridine rings is 2. The van der Waals surface area contributed by atoms with Gasteiger partial charge < -0.3 is 19.5 Å². The van der Waals surface area contributed by atoms with Crippen LogP contribution in [-0.2, 0) is 16.1 Å². The van der Waals surface area contributed by atoms with Gasteiger partial charge in [-0.2, -0.15) is 0 Å². The molecule has 0 saturated carbocycles. The van der Waals surface area contributed by atoms with Gasteiger partial charge in [0, 0.05) is 47.6 Å². The van der Waals surface area contributed by atoms with Crippen molar-refractivity contribution in [3.8, 4) is 17.0 Å². The van der Waals surface area contributed by atoms with Crippen molar-refractivity contribution < 1.29 is 28.2 Å². The molecule has 0 atom stereocenters. The molecule has 222 valence electrons. The molecule has 8 nitrogen and oxygen atoms in total. The lowest BCUT2D eigenvalue weighted by atomic mass is 9.91. The number of halogens is 2. The third kappa shape index (κ3) is 6.10. The lowest BCUT2D eigenvalue weighted by Crippen LogP contribution is -2.51. The van der Waals surface area contributed by atoms with Crippen LogP contribution in [0.4, 0.5) is 14.6 Å². The van der Waals surface area contributed by atoms with Crippen molar-refractivity contribution in [2.75, 3.05) is 44.3 Å². The highest BCUT2D eigenvalue weighted by atomic mass is 19.1. The zero-order valence-electron chi connectivity index (χ0n) is 23.8. The van der Waals surface area contributed by atoms with E-state index in [9.17, 15) is 14.3 Å². The van der Waals surface area contributed by atoms with Crippen LogP contribution in [0.5, 0.6) is 5.75 Å². The minimum atomic E-state index is -0.801. The molecule has 3 aromatic rings. The van der Waals surface area contributed by atoms with Crippen molar-refractivity contribution in [3.63, 3.8) is 0 Å². The Morgan fingerprint density at radius 3 is 2.45 bits per heavy atom. The van der Waals surface area contributed by atoms with Crippen molar-refractivity contribution in [2.24, 2.45) is 5.92 Å². The van der Waals surface area contributed by atoms with E-state index < -0.39 is 17.6 Å². The summed E-state index contributed by atoms with van der Waals surface area (Å²) in [4.78, 5) is 25.4. The van der Waals surface area contributed by atoms with Crippen molar-refractivity contribution in [3.05, 3.63) is 71.1 Å². The molecular formula is C32H36F2N4O4. The maximum atomic E-state index is 15.1. The number of nitrogens with zero attached hydrogens (tertiary/aromatic N) is 4. The maximum Gasteiger partial charge on any atom is 0.306 e. The molecule has 3 aliphatic heterocycles. The summed E-state index contributed by atoms with van der Waals surface area (Å²) in [5, 5.41) is 9.30. The molecule has 5 heterocycles. The first kappa shape index (κ1) is 28.5. The molecule has 0 amide bonds. The molecule has 10 heteroatoms. The number of aliphatic carboxylic acids is 1. The number of carboxylic acid groups (broad SMARTS) is 1.